The number of carbonyl (C=O) groups is 1. The van der Waals surface area contributed by atoms with Crippen molar-refractivity contribution in [3.8, 4) is 0 Å². The summed E-state index contributed by atoms with van der Waals surface area (Å²) >= 11 is 0. The van der Waals surface area contributed by atoms with Crippen molar-refractivity contribution in [2.45, 2.75) is 38.6 Å². The Morgan fingerprint density at radius 2 is 1.96 bits per heavy atom. The zero-order valence-corrected chi connectivity index (χ0v) is 16.8. The van der Waals surface area contributed by atoms with Crippen LogP contribution in [0.3, 0.4) is 0 Å². The van der Waals surface area contributed by atoms with Crippen molar-refractivity contribution in [3.63, 3.8) is 0 Å². The van der Waals surface area contributed by atoms with Crippen LogP contribution in [0, 0.1) is 16.0 Å². The summed E-state index contributed by atoms with van der Waals surface area (Å²) in [6, 6.07) is 3.35. The van der Waals surface area contributed by atoms with E-state index in [-0.39, 0.29) is 41.2 Å². The molecule has 27 heavy (non-hydrogen) atoms. The number of amides is 1. The van der Waals surface area contributed by atoms with Crippen LogP contribution < -0.4 is 10.2 Å². The minimum absolute atomic E-state index is 0.0658. The summed E-state index contributed by atoms with van der Waals surface area (Å²) in [5, 5.41) is 14.5. The predicted molar refractivity (Wildman–Crippen MR) is 102 cm³/mol. The largest absolute Gasteiger partial charge is 0.353 e. The fourth-order valence-electron chi connectivity index (χ4n) is 3.38. The van der Waals surface area contributed by atoms with Crippen molar-refractivity contribution >= 4 is 27.3 Å². The summed E-state index contributed by atoms with van der Waals surface area (Å²) in [6.45, 7) is 8.50. The number of sulfonamides is 1. The highest BCUT2D eigenvalue weighted by molar-refractivity contribution is 7.89. The highest BCUT2D eigenvalue weighted by atomic mass is 32.2. The fraction of sp³-hybridized carbons (Fsp3) is 0.588. The van der Waals surface area contributed by atoms with Crippen LogP contribution in [0.25, 0.3) is 0 Å². The molecule has 1 aromatic rings. The van der Waals surface area contributed by atoms with Crippen molar-refractivity contribution in [3.05, 3.63) is 28.3 Å². The summed E-state index contributed by atoms with van der Waals surface area (Å²) in [6.07, 6.45) is 0. The molecular weight excluding hydrogens is 372 g/mol. The van der Waals surface area contributed by atoms with Crippen LogP contribution >= 0.6 is 0 Å². The highest BCUT2D eigenvalue weighted by Crippen LogP contribution is 2.34. The van der Waals surface area contributed by atoms with Gasteiger partial charge in [0.2, 0.25) is 15.9 Å². The maximum absolute atomic E-state index is 12.7. The lowest BCUT2D eigenvalue weighted by atomic mass is 9.98. The van der Waals surface area contributed by atoms with Crippen molar-refractivity contribution in [2.75, 3.05) is 31.1 Å². The standard InChI is InChI=1S/C17H26N4O5S/c1-5-19(6-2)27(25,26)13-7-8-14(15(11-13)21(23)24)20-10-9-18-17(22)16(20)12(3)4/h7-8,11-12,16H,5-6,9-10H2,1-4H3,(H,18,22)/t16-/m0/s1. The average Bonchev–Trinajstić information content (AvgIpc) is 2.61. The molecule has 150 valence electrons. The number of nitro groups is 1. The molecule has 1 aliphatic heterocycles. The second-order valence-electron chi connectivity index (χ2n) is 6.67. The Morgan fingerprint density at radius 1 is 1.33 bits per heavy atom. The van der Waals surface area contributed by atoms with Gasteiger partial charge in [0.15, 0.2) is 0 Å². The van der Waals surface area contributed by atoms with E-state index in [1.807, 2.05) is 13.8 Å². The lowest BCUT2D eigenvalue weighted by molar-refractivity contribution is -0.384. The maximum Gasteiger partial charge on any atom is 0.293 e. The molecule has 0 saturated carbocycles. The molecule has 1 N–H and O–H groups in total. The first-order chi connectivity index (χ1) is 12.6. The zero-order valence-electron chi connectivity index (χ0n) is 16.0. The van der Waals surface area contributed by atoms with Gasteiger partial charge in [0.05, 0.1) is 9.82 Å². The average molecular weight is 398 g/mol. The van der Waals surface area contributed by atoms with Crippen molar-refractivity contribution < 1.29 is 18.1 Å². The minimum atomic E-state index is -3.81. The van der Waals surface area contributed by atoms with Crippen molar-refractivity contribution in [1.29, 1.82) is 0 Å². The lowest BCUT2D eigenvalue weighted by Gasteiger charge is -2.38. The van der Waals surface area contributed by atoms with E-state index in [9.17, 15) is 23.3 Å². The summed E-state index contributed by atoms with van der Waals surface area (Å²) in [7, 11) is -3.81. The molecule has 0 unspecified atom stereocenters. The Bertz CT molecular complexity index is 821. The van der Waals surface area contributed by atoms with Gasteiger partial charge in [-0.05, 0) is 18.1 Å². The molecule has 0 spiro atoms. The number of nitrogens with one attached hydrogen (secondary N) is 1. The molecule has 2 rings (SSSR count). The van der Waals surface area contributed by atoms with E-state index in [0.717, 1.165) is 6.07 Å². The number of nitro benzene ring substituents is 1. The van der Waals surface area contributed by atoms with E-state index in [0.29, 0.717) is 13.1 Å². The number of carbonyl (C=O) groups excluding carboxylic acids is 1. The number of hydrogen-bond donors (Lipinski definition) is 1. The second kappa shape index (κ2) is 8.22. The number of benzene rings is 1. The van der Waals surface area contributed by atoms with Crippen molar-refractivity contribution in [2.24, 2.45) is 5.92 Å². The van der Waals surface area contributed by atoms with Crippen LogP contribution in [0.1, 0.15) is 27.7 Å². The molecule has 0 radical (unpaired) electrons. The molecule has 1 heterocycles. The van der Waals surface area contributed by atoms with Gasteiger partial charge in [0.1, 0.15) is 11.7 Å². The number of nitrogens with zero attached hydrogens (tertiary/aromatic N) is 3. The van der Waals surface area contributed by atoms with E-state index < -0.39 is 21.0 Å². The van der Waals surface area contributed by atoms with E-state index in [1.165, 1.54) is 16.4 Å². The number of piperazine rings is 1. The van der Waals surface area contributed by atoms with Crippen LogP contribution in [0.2, 0.25) is 0 Å². The minimum Gasteiger partial charge on any atom is -0.353 e. The van der Waals surface area contributed by atoms with Crippen molar-refractivity contribution in [1.82, 2.24) is 9.62 Å². The molecule has 0 aliphatic carbocycles. The third kappa shape index (κ3) is 4.06. The van der Waals surface area contributed by atoms with Crippen LogP contribution in [0.5, 0.6) is 0 Å². The number of rotatable bonds is 7. The van der Waals surface area contributed by atoms with Gasteiger partial charge in [0, 0.05) is 32.2 Å². The maximum atomic E-state index is 12.7. The lowest BCUT2D eigenvalue weighted by Crippen LogP contribution is -2.57. The third-order valence-corrected chi connectivity index (χ3v) is 6.73. The molecular formula is C17H26N4O5S. The smallest absolute Gasteiger partial charge is 0.293 e. The predicted octanol–water partition coefficient (Wildman–Crippen LogP) is 1.59. The quantitative estimate of drug-likeness (QED) is 0.551. The molecule has 9 nitrogen and oxygen atoms in total. The fourth-order valence-corrected chi connectivity index (χ4v) is 4.86. The molecule has 1 atom stereocenters. The van der Waals surface area contributed by atoms with E-state index in [2.05, 4.69) is 5.32 Å². The highest BCUT2D eigenvalue weighted by Gasteiger charge is 2.36. The van der Waals surface area contributed by atoms with Gasteiger partial charge in [-0.25, -0.2) is 8.42 Å². The monoisotopic (exact) mass is 398 g/mol. The molecule has 1 aliphatic rings. The summed E-state index contributed by atoms with van der Waals surface area (Å²) < 4.78 is 26.7. The van der Waals surface area contributed by atoms with E-state index >= 15 is 0 Å². The van der Waals surface area contributed by atoms with Gasteiger partial charge in [0.25, 0.3) is 5.69 Å². The Kier molecular flexibility index (Phi) is 6.42. The van der Waals surface area contributed by atoms with E-state index in [4.69, 9.17) is 0 Å². The molecule has 0 bridgehead atoms. The van der Waals surface area contributed by atoms with Gasteiger partial charge in [-0.1, -0.05) is 27.7 Å². The Hall–Kier alpha value is -2.20. The number of hydrogen-bond acceptors (Lipinski definition) is 6. The Labute approximate surface area is 159 Å². The molecule has 1 fully saturated rings. The first-order valence-corrected chi connectivity index (χ1v) is 10.4. The molecule has 1 amide bonds. The van der Waals surface area contributed by atoms with Gasteiger partial charge >= 0.3 is 0 Å². The number of anilines is 1. The first-order valence-electron chi connectivity index (χ1n) is 8.98. The molecule has 1 saturated heterocycles. The van der Waals surface area contributed by atoms with Crippen LogP contribution in [0.4, 0.5) is 11.4 Å². The second-order valence-corrected chi connectivity index (χ2v) is 8.61. The summed E-state index contributed by atoms with van der Waals surface area (Å²) in [5.41, 5.74) is -0.0596. The van der Waals surface area contributed by atoms with Gasteiger partial charge in [-0.2, -0.15) is 4.31 Å². The molecule has 0 aromatic heterocycles. The SMILES string of the molecule is CCN(CC)S(=O)(=O)c1ccc(N2CCNC(=O)[C@@H]2C(C)C)c([N+](=O)[O-])c1. The topological polar surface area (TPSA) is 113 Å². The summed E-state index contributed by atoms with van der Waals surface area (Å²) in [5.74, 6) is -0.255. The van der Waals surface area contributed by atoms with Crippen LogP contribution in [-0.2, 0) is 14.8 Å². The molecule has 10 heteroatoms. The molecule has 1 aromatic carbocycles. The first kappa shape index (κ1) is 21.1. The summed E-state index contributed by atoms with van der Waals surface area (Å²) in [4.78, 5) is 24.9. The van der Waals surface area contributed by atoms with Gasteiger partial charge in [-0.3, -0.25) is 14.9 Å². The Balaban J connectivity index is 2.56. The zero-order chi connectivity index (χ0) is 20.4. The van der Waals surface area contributed by atoms with E-state index in [1.54, 1.807) is 18.7 Å². The van der Waals surface area contributed by atoms with Crippen LogP contribution in [0.15, 0.2) is 23.1 Å². The van der Waals surface area contributed by atoms with Crippen LogP contribution in [-0.4, -0.2) is 55.8 Å². The van der Waals surface area contributed by atoms with Gasteiger partial charge < -0.3 is 10.2 Å². The van der Waals surface area contributed by atoms with Gasteiger partial charge in [-0.15, -0.1) is 0 Å². The Morgan fingerprint density at radius 3 is 2.48 bits per heavy atom. The third-order valence-electron chi connectivity index (χ3n) is 4.68. The normalized spacial score (nSPS) is 18.1.